The average molecular weight is 170 g/mol. The monoisotopic (exact) mass is 170 g/mol. The molecule has 0 aromatic carbocycles. The summed E-state index contributed by atoms with van der Waals surface area (Å²) in [6, 6.07) is 0. The SMILES string of the molecule is CC=CC1OC(C)CCC(C)O1. The quantitative estimate of drug-likeness (QED) is 0.563. The van der Waals surface area contributed by atoms with Crippen LogP contribution in [0.25, 0.3) is 0 Å². The lowest BCUT2D eigenvalue weighted by Crippen LogP contribution is -2.19. The van der Waals surface area contributed by atoms with Crippen LogP contribution in [0.1, 0.15) is 33.6 Å². The number of ether oxygens (including phenoxy) is 2. The molecule has 0 saturated carbocycles. The van der Waals surface area contributed by atoms with Gasteiger partial charge in [0.2, 0.25) is 0 Å². The molecule has 0 spiro atoms. The fraction of sp³-hybridized carbons (Fsp3) is 0.800. The van der Waals surface area contributed by atoms with Gasteiger partial charge in [-0.2, -0.15) is 0 Å². The van der Waals surface area contributed by atoms with Gasteiger partial charge in [0.1, 0.15) is 0 Å². The van der Waals surface area contributed by atoms with Crippen molar-refractivity contribution in [3.63, 3.8) is 0 Å². The summed E-state index contributed by atoms with van der Waals surface area (Å²) in [5, 5.41) is 0. The summed E-state index contributed by atoms with van der Waals surface area (Å²) in [7, 11) is 0. The van der Waals surface area contributed by atoms with Crippen LogP contribution in [-0.2, 0) is 9.47 Å². The smallest absolute Gasteiger partial charge is 0.177 e. The number of allylic oxidation sites excluding steroid dienone is 1. The molecule has 1 heterocycles. The van der Waals surface area contributed by atoms with E-state index in [4.69, 9.17) is 9.47 Å². The minimum atomic E-state index is -0.137. The molecular formula is C10H18O2. The summed E-state index contributed by atoms with van der Waals surface area (Å²) >= 11 is 0. The van der Waals surface area contributed by atoms with Crippen LogP contribution < -0.4 is 0 Å². The summed E-state index contributed by atoms with van der Waals surface area (Å²) in [4.78, 5) is 0. The van der Waals surface area contributed by atoms with E-state index in [2.05, 4.69) is 13.8 Å². The van der Waals surface area contributed by atoms with E-state index in [1.807, 2.05) is 19.1 Å². The van der Waals surface area contributed by atoms with E-state index in [1.165, 1.54) is 0 Å². The largest absolute Gasteiger partial charge is 0.346 e. The van der Waals surface area contributed by atoms with Gasteiger partial charge in [-0.05, 0) is 39.7 Å². The molecule has 1 saturated heterocycles. The molecule has 1 aliphatic rings. The second kappa shape index (κ2) is 4.63. The lowest BCUT2D eigenvalue weighted by molar-refractivity contribution is -0.138. The van der Waals surface area contributed by atoms with E-state index in [1.54, 1.807) is 0 Å². The van der Waals surface area contributed by atoms with E-state index in [-0.39, 0.29) is 6.29 Å². The Morgan fingerprint density at radius 3 is 2.00 bits per heavy atom. The van der Waals surface area contributed by atoms with Gasteiger partial charge in [0.15, 0.2) is 6.29 Å². The third-order valence-corrected chi connectivity index (χ3v) is 2.06. The number of rotatable bonds is 1. The Labute approximate surface area is 74.6 Å². The van der Waals surface area contributed by atoms with E-state index in [0.29, 0.717) is 12.2 Å². The zero-order valence-electron chi connectivity index (χ0n) is 8.12. The molecule has 1 rings (SSSR count). The molecule has 2 unspecified atom stereocenters. The summed E-state index contributed by atoms with van der Waals surface area (Å²) in [5.41, 5.74) is 0. The second-order valence-corrected chi connectivity index (χ2v) is 3.36. The Morgan fingerprint density at radius 2 is 1.58 bits per heavy atom. The van der Waals surface area contributed by atoms with Gasteiger partial charge in [0.05, 0.1) is 12.2 Å². The third-order valence-electron chi connectivity index (χ3n) is 2.06. The van der Waals surface area contributed by atoms with Crippen LogP contribution in [0.2, 0.25) is 0 Å². The van der Waals surface area contributed by atoms with Gasteiger partial charge < -0.3 is 9.47 Å². The zero-order valence-corrected chi connectivity index (χ0v) is 8.12. The minimum Gasteiger partial charge on any atom is -0.346 e. The zero-order chi connectivity index (χ0) is 8.97. The third kappa shape index (κ3) is 2.95. The highest BCUT2D eigenvalue weighted by Crippen LogP contribution is 2.17. The van der Waals surface area contributed by atoms with E-state index in [9.17, 15) is 0 Å². The summed E-state index contributed by atoms with van der Waals surface area (Å²) in [5.74, 6) is 0. The molecule has 1 aliphatic heterocycles. The molecule has 0 bridgehead atoms. The highest BCUT2D eigenvalue weighted by molar-refractivity contribution is 4.83. The van der Waals surface area contributed by atoms with E-state index >= 15 is 0 Å². The molecule has 0 radical (unpaired) electrons. The minimum absolute atomic E-state index is 0.137. The molecule has 0 amide bonds. The highest BCUT2D eigenvalue weighted by atomic mass is 16.7. The number of hydrogen-bond acceptors (Lipinski definition) is 2. The standard InChI is InChI=1S/C10H18O2/c1-4-5-10-11-8(2)6-7-9(3)12-10/h4-5,8-10H,6-7H2,1-3H3. The summed E-state index contributed by atoms with van der Waals surface area (Å²) in [6.07, 6.45) is 6.60. The van der Waals surface area contributed by atoms with Crippen molar-refractivity contribution in [2.24, 2.45) is 0 Å². The molecular weight excluding hydrogens is 152 g/mol. The maximum atomic E-state index is 5.61. The first-order chi connectivity index (χ1) is 5.72. The Morgan fingerprint density at radius 1 is 1.08 bits per heavy atom. The van der Waals surface area contributed by atoms with E-state index < -0.39 is 0 Å². The summed E-state index contributed by atoms with van der Waals surface area (Å²) in [6.45, 7) is 6.17. The predicted octanol–water partition coefficient (Wildman–Crippen LogP) is 2.49. The van der Waals surface area contributed by atoms with Crippen molar-refractivity contribution in [3.8, 4) is 0 Å². The molecule has 70 valence electrons. The van der Waals surface area contributed by atoms with Crippen LogP contribution in [-0.4, -0.2) is 18.5 Å². The van der Waals surface area contributed by atoms with Crippen LogP contribution in [0.4, 0.5) is 0 Å². The van der Waals surface area contributed by atoms with Gasteiger partial charge in [-0.25, -0.2) is 0 Å². The topological polar surface area (TPSA) is 18.5 Å². The van der Waals surface area contributed by atoms with Crippen molar-refractivity contribution in [1.82, 2.24) is 0 Å². The molecule has 0 aromatic rings. The van der Waals surface area contributed by atoms with Gasteiger partial charge in [-0.1, -0.05) is 6.08 Å². The summed E-state index contributed by atoms with van der Waals surface area (Å²) < 4.78 is 11.2. The Kier molecular flexibility index (Phi) is 3.76. The number of hydrogen-bond donors (Lipinski definition) is 0. The first-order valence-electron chi connectivity index (χ1n) is 4.66. The highest BCUT2D eigenvalue weighted by Gasteiger charge is 2.19. The second-order valence-electron chi connectivity index (χ2n) is 3.36. The Bertz CT molecular complexity index is 142. The van der Waals surface area contributed by atoms with Gasteiger partial charge in [-0.3, -0.25) is 0 Å². The molecule has 2 heteroatoms. The first kappa shape index (κ1) is 9.75. The van der Waals surface area contributed by atoms with Crippen molar-refractivity contribution in [2.45, 2.75) is 52.1 Å². The molecule has 2 atom stereocenters. The van der Waals surface area contributed by atoms with Crippen molar-refractivity contribution in [2.75, 3.05) is 0 Å². The van der Waals surface area contributed by atoms with Crippen molar-refractivity contribution in [3.05, 3.63) is 12.2 Å². The molecule has 0 aliphatic carbocycles. The Balaban J connectivity index is 2.49. The lowest BCUT2D eigenvalue weighted by Gasteiger charge is -2.16. The van der Waals surface area contributed by atoms with Crippen LogP contribution in [0.5, 0.6) is 0 Å². The van der Waals surface area contributed by atoms with Crippen molar-refractivity contribution < 1.29 is 9.47 Å². The first-order valence-corrected chi connectivity index (χ1v) is 4.66. The van der Waals surface area contributed by atoms with Crippen LogP contribution >= 0.6 is 0 Å². The normalized spacial score (nSPS) is 38.4. The molecule has 0 aromatic heterocycles. The van der Waals surface area contributed by atoms with Gasteiger partial charge in [0.25, 0.3) is 0 Å². The molecule has 0 N–H and O–H groups in total. The maximum Gasteiger partial charge on any atom is 0.177 e. The van der Waals surface area contributed by atoms with E-state index in [0.717, 1.165) is 12.8 Å². The van der Waals surface area contributed by atoms with Crippen LogP contribution in [0.3, 0.4) is 0 Å². The van der Waals surface area contributed by atoms with Crippen LogP contribution in [0.15, 0.2) is 12.2 Å². The Hall–Kier alpha value is -0.340. The van der Waals surface area contributed by atoms with Crippen molar-refractivity contribution in [1.29, 1.82) is 0 Å². The van der Waals surface area contributed by atoms with Gasteiger partial charge in [-0.15, -0.1) is 0 Å². The molecule has 12 heavy (non-hydrogen) atoms. The van der Waals surface area contributed by atoms with Gasteiger partial charge in [0, 0.05) is 0 Å². The fourth-order valence-electron chi connectivity index (χ4n) is 1.34. The fourth-order valence-corrected chi connectivity index (χ4v) is 1.34. The predicted molar refractivity (Wildman–Crippen MR) is 48.9 cm³/mol. The molecule has 2 nitrogen and oxygen atoms in total. The van der Waals surface area contributed by atoms with Crippen LogP contribution in [0, 0.1) is 0 Å². The maximum absolute atomic E-state index is 5.61. The van der Waals surface area contributed by atoms with Gasteiger partial charge >= 0.3 is 0 Å². The van der Waals surface area contributed by atoms with Crippen molar-refractivity contribution >= 4 is 0 Å². The average Bonchev–Trinajstić information content (AvgIpc) is 2.14. The molecule has 1 fully saturated rings. The lowest BCUT2D eigenvalue weighted by atomic mass is 10.1.